The zero-order chi connectivity index (χ0) is 14.6. The Morgan fingerprint density at radius 3 is 2.11 bits per heavy atom. The molecule has 0 spiro atoms. The fourth-order valence-corrected chi connectivity index (χ4v) is 1.96. The number of nitrogens with one attached hydrogen (secondary N) is 1. The van der Waals surface area contributed by atoms with Crippen molar-refractivity contribution < 1.29 is 18.0 Å². The van der Waals surface area contributed by atoms with Crippen molar-refractivity contribution in [3.63, 3.8) is 0 Å². The van der Waals surface area contributed by atoms with Gasteiger partial charge in [0, 0.05) is 17.7 Å². The lowest BCUT2D eigenvalue weighted by Crippen LogP contribution is -2.31. The number of carbonyl (C=O) groups excluding carboxylic acids is 2. The predicted molar refractivity (Wildman–Crippen MR) is 71.7 cm³/mol. The molecule has 6 heteroatoms. The molecular weight excluding hydrogens is 266 g/mol. The van der Waals surface area contributed by atoms with E-state index in [0.29, 0.717) is 5.56 Å². The summed E-state index contributed by atoms with van der Waals surface area (Å²) in [5.74, 6) is -0.580. The van der Waals surface area contributed by atoms with Gasteiger partial charge in [-0.25, -0.2) is 8.42 Å². The van der Waals surface area contributed by atoms with Crippen molar-refractivity contribution in [3.8, 4) is 0 Å². The Morgan fingerprint density at radius 1 is 1.16 bits per heavy atom. The first-order chi connectivity index (χ1) is 8.71. The van der Waals surface area contributed by atoms with E-state index in [9.17, 15) is 18.0 Å². The van der Waals surface area contributed by atoms with Gasteiger partial charge in [0.15, 0.2) is 15.6 Å². The molecule has 0 aliphatic rings. The highest BCUT2D eigenvalue weighted by Gasteiger charge is 2.12. The maximum Gasteiger partial charge on any atom is 0.251 e. The molecule has 104 valence electrons. The van der Waals surface area contributed by atoms with E-state index in [1.165, 1.54) is 24.3 Å². The van der Waals surface area contributed by atoms with Crippen LogP contribution in [0.4, 0.5) is 0 Å². The number of rotatable bonds is 5. The second-order valence-electron chi connectivity index (χ2n) is 4.60. The van der Waals surface area contributed by atoms with Gasteiger partial charge in [-0.1, -0.05) is 13.8 Å². The lowest BCUT2D eigenvalue weighted by atomic mass is 10.1. The molecule has 0 heterocycles. The summed E-state index contributed by atoms with van der Waals surface area (Å²) in [5.41, 5.74) is 0.323. The van der Waals surface area contributed by atoms with Crippen LogP contribution in [-0.4, -0.2) is 32.9 Å². The minimum Gasteiger partial charge on any atom is -0.345 e. The lowest BCUT2D eigenvalue weighted by Gasteiger charge is -2.07. The first-order valence-electron chi connectivity index (χ1n) is 5.83. The fourth-order valence-electron chi connectivity index (χ4n) is 1.33. The number of amides is 1. The molecule has 0 saturated heterocycles. The second-order valence-corrected chi connectivity index (χ2v) is 6.62. The number of ketones is 1. The van der Waals surface area contributed by atoms with Gasteiger partial charge in [0.2, 0.25) is 0 Å². The van der Waals surface area contributed by atoms with Gasteiger partial charge in [0.1, 0.15) is 0 Å². The van der Waals surface area contributed by atoms with E-state index in [1.807, 2.05) is 0 Å². The van der Waals surface area contributed by atoms with E-state index in [0.717, 1.165) is 6.26 Å². The Bertz CT molecular complexity index is 573. The Hall–Kier alpha value is -1.69. The maximum absolute atomic E-state index is 11.7. The minimum atomic E-state index is -3.27. The fraction of sp³-hybridized carbons (Fsp3) is 0.385. The number of carbonyl (C=O) groups is 2. The van der Waals surface area contributed by atoms with Gasteiger partial charge in [0.05, 0.1) is 11.4 Å². The highest BCUT2D eigenvalue weighted by molar-refractivity contribution is 7.90. The summed E-state index contributed by atoms with van der Waals surface area (Å²) < 4.78 is 22.5. The van der Waals surface area contributed by atoms with Gasteiger partial charge < -0.3 is 5.32 Å². The highest BCUT2D eigenvalue weighted by atomic mass is 32.2. The van der Waals surface area contributed by atoms with E-state index in [2.05, 4.69) is 5.32 Å². The van der Waals surface area contributed by atoms with Crippen molar-refractivity contribution >= 4 is 21.5 Å². The van der Waals surface area contributed by atoms with Crippen LogP contribution < -0.4 is 5.32 Å². The molecule has 0 aliphatic heterocycles. The van der Waals surface area contributed by atoms with E-state index in [4.69, 9.17) is 0 Å². The van der Waals surface area contributed by atoms with Crippen molar-refractivity contribution in [2.24, 2.45) is 5.92 Å². The van der Waals surface area contributed by atoms with Crippen LogP contribution in [0.25, 0.3) is 0 Å². The van der Waals surface area contributed by atoms with Gasteiger partial charge >= 0.3 is 0 Å². The first-order valence-corrected chi connectivity index (χ1v) is 7.72. The van der Waals surface area contributed by atoms with Crippen molar-refractivity contribution in [2.75, 3.05) is 12.8 Å². The third-order valence-corrected chi connectivity index (χ3v) is 3.74. The summed E-state index contributed by atoms with van der Waals surface area (Å²) in [5, 5.41) is 2.50. The normalized spacial score (nSPS) is 11.4. The highest BCUT2D eigenvalue weighted by Crippen LogP contribution is 2.10. The van der Waals surface area contributed by atoms with Crippen LogP contribution >= 0.6 is 0 Å². The van der Waals surface area contributed by atoms with Crippen LogP contribution in [0.2, 0.25) is 0 Å². The summed E-state index contributed by atoms with van der Waals surface area (Å²) >= 11 is 0. The molecule has 0 radical (unpaired) electrons. The molecule has 1 amide bonds. The zero-order valence-electron chi connectivity index (χ0n) is 11.1. The van der Waals surface area contributed by atoms with E-state index in [1.54, 1.807) is 13.8 Å². The molecular formula is C13H17NO4S. The average molecular weight is 283 g/mol. The summed E-state index contributed by atoms with van der Waals surface area (Å²) in [7, 11) is -3.27. The molecule has 1 aromatic rings. The summed E-state index contributed by atoms with van der Waals surface area (Å²) in [6, 6.07) is 5.58. The van der Waals surface area contributed by atoms with Crippen LogP contribution in [0.1, 0.15) is 24.2 Å². The molecule has 0 saturated carbocycles. The van der Waals surface area contributed by atoms with Gasteiger partial charge in [-0.15, -0.1) is 0 Å². The summed E-state index contributed by atoms with van der Waals surface area (Å²) in [4.78, 5) is 23.2. The molecule has 19 heavy (non-hydrogen) atoms. The maximum atomic E-state index is 11.7. The van der Waals surface area contributed by atoms with E-state index in [-0.39, 0.29) is 23.1 Å². The molecule has 1 N–H and O–H groups in total. The van der Waals surface area contributed by atoms with E-state index >= 15 is 0 Å². The Balaban J connectivity index is 2.71. The quantitative estimate of drug-likeness (QED) is 0.875. The van der Waals surface area contributed by atoms with Crippen molar-refractivity contribution in [3.05, 3.63) is 29.8 Å². The number of sulfone groups is 1. The Labute approximate surface area is 112 Å². The summed E-state index contributed by atoms with van der Waals surface area (Å²) in [6.07, 6.45) is 1.10. The minimum absolute atomic E-state index is 0.0235. The zero-order valence-corrected chi connectivity index (χ0v) is 12.0. The monoisotopic (exact) mass is 283 g/mol. The molecule has 5 nitrogen and oxygen atoms in total. The van der Waals surface area contributed by atoms with Crippen molar-refractivity contribution in [2.45, 2.75) is 18.7 Å². The number of benzene rings is 1. The van der Waals surface area contributed by atoms with Gasteiger partial charge in [-0.2, -0.15) is 0 Å². The van der Waals surface area contributed by atoms with Crippen LogP contribution in [-0.2, 0) is 14.6 Å². The predicted octanol–water partition coefficient (Wildman–Crippen LogP) is 1.04. The third-order valence-electron chi connectivity index (χ3n) is 2.61. The lowest BCUT2D eigenvalue weighted by molar-refractivity contribution is -0.120. The number of Topliss-reactive ketones (excluding diaryl/α,β-unsaturated/α-hetero) is 1. The molecule has 1 rings (SSSR count). The van der Waals surface area contributed by atoms with Crippen LogP contribution in [0.15, 0.2) is 29.2 Å². The smallest absolute Gasteiger partial charge is 0.251 e. The molecule has 0 aliphatic carbocycles. The van der Waals surface area contributed by atoms with Crippen molar-refractivity contribution in [1.82, 2.24) is 5.32 Å². The van der Waals surface area contributed by atoms with Crippen LogP contribution in [0, 0.1) is 5.92 Å². The molecule has 0 aromatic heterocycles. The largest absolute Gasteiger partial charge is 0.345 e. The standard InChI is InChI=1S/C13H17NO4S/c1-9(2)12(15)8-14-13(16)10-4-6-11(7-5-10)19(3,17)18/h4-7,9H,8H2,1-3H3,(H,14,16). The van der Waals surface area contributed by atoms with Crippen LogP contribution in [0.3, 0.4) is 0 Å². The molecule has 0 fully saturated rings. The average Bonchev–Trinajstić information content (AvgIpc) is 2.34. The second kappa shape index (κ2) is 5.97. The van der Waals surface area contributed by atoms with E-state index < -0.39 is 15.7 Å². The topological polar surface area (TPSA) is 80.3 Å². The summed E-state index contributed by atoms with van der Waals surface area (Å²) in [6.45, 7) is 3.50. The molecule has 0 bridgehead atoms. The van der Waals surface area contributed by atoms with Crippen molar-refractivity contribution in [1.29, 1.82) is 0 Å². The van der Waals surface area contributed by atoms with Crippen LogP contribution in [0.5, 0.6) is 0 Å². The van der Waals surface area contributed by atoms with Gasteiger partial charge in [-0.3, -0.25) is 9.59 Å². The first kappa shape index (κ1) is 15.4. The molecule has 0 unspecified atom stereocenters. The Kier molecular flexibility index (Phi) is 4.83. The Morgan fingerprint density at radius 2 is 1.68 bits per heavy atom. The molecule has 0 atom stereocenters. The van der Waals surface area contributed by atoms with Gasteiger partial charge in [0.25, 0.3) is 5.91 Å². The third kappa shape index (κ3) is 4.48. The number of hydrogen-bond donors (Lipinski definition) is 1. The van der Waals surface area contributed by atoms with Gasteiger partial charge in [-0.05, 0) is 24.3 Å². The molecule has 1 aromatic carbocycles. The SMILES string of the molecule is CC(C)C(=O)CNC(=O)c1ccc(S(C)(=O)=O)cc1. The number of hydrogen-bond acceptors (Lipinski definition) is 4.